The van der Waals surface area contributed by atoms with Crippen LogP contribution in [0.5, 0.6) is 5.75 Å². The highest BCUT2D eigenvalue weighted by Gasteiger charge is 2.10. The van der Waals surface area contributed by atoms with Gasteiger partial charge in [-0.2, -0.15) is 0 Å². The van der Waals surface area contributed by atoms with Gasteiger partial charge in [-0.05, 0) is 23.8 Å². The van der Waals surface area contributed by atoms with E-state index in [0.717, 1.165) is 22.1 Å². The first-order chi connectivity index (χ1) is 7.74. The van der Waals surface area contributed by atoms with E-state index in [-0.39, 0.29) is 0 Å². The molecule has 0 atom stereocenters. The van der Waals surface area contributed by atoms with Crippen LogP contribution in [0.1, 0.15) is 12.5 Å². The molecule has 0 bridgehead atoms. The summed E-state index contributed by atoms with van der Waals surface area (Å²) < 4.78 is 5.54. The van der Waals surface area contributed by atoms with Gasteiger partial charge in [0.1, 0.15) is 10.7 Å². The van der Waals surface area contributed by atoms with Gasteiger partial charge in [0, 0.05) is 0 Å². The molecule has 0 spiro atoms. The van der Waals surface area contributed by atoms with E-state index in [1.165, 1.54) is 0 Å². The van der Waals surface area contributed by atoms with Crippen LogP contribution in [0.25, 0.3) is 10.8 Å². The van der Waals surface area contributed by atoms with Crippen molar-refractivity contribution in [3.8, 4) is 5.75 Å². The molecule has 0 aromatic heterocycles. The zero-order chi connectivity index (χ0) is 11.5. The summed E-state index contributed by atoms with van der Waals surface area (Å²) in [4.78, 5) is 0.375. The van der Waals surface area contributed by atoms with Crippen LogP contribution in [0.2, 0.25) is 0 Å². The standard InChI is InChI=1S/C13H13NOS/c1-2-15-11-8-7-9-5-3-4-6-10(9)12(11)13(14)16/h3-8H,2H2,1H3,(H2,14,16). The van der Waals surface area contributed by atoms with E-state index in [1.54, 1.807) is 0 Å². The molecule has 0 aliphatic carbocycles. The van der Waals surface area contributed by atoms with Crippen molar-refractivity contribution in [1.29, 1.82) is 0 Å². The maximum atomic E-state index is 5.76. The van der Waals surface area contributed by atoms with Gasteiger partial charge in [-0.25, -0.2) is 0 Å². The fourth-order valence-electron chi connectivity index (χ4n) is 1.78. The van der Waals surface area contributed by atoms with Gasteiger partial charge in [-0.3, -0.25) is 0 Å². The van der Waals surface area contributed by atoms with Gasteiger partial charge in [-0.15, -0.1) is 0 Å². The third kappa shape index (κ3) is 1.86. The van der Waals surface area contributed by atoms with E-state index in [2.05, 4.69) is 0 Å². The van der Waals surface area contributed by atoms with Crippen LogP contribution in [0.3, 0.4) is 0 Å². The summed E-state index contributed by atoms with van der Waals surface area (Å²) in [7, 11) is 0. The number of nitrogens with two attached hydrogens (primary N) is 1. The van der Waals surface area contributed by atoms with Crippen LogP contribution in [0.4, 0.5) is 0 Å². The van der Waals surface area contributed by atoms with Crippen molar-refractivity contribution in [1.82, 2.24) is 0 Å². The molecule has 0 fully saturated rings. The van der Waals surface area contributed by atoms with Crippen molar-refractivity contribution in [3.05, 3.63) is 42.0 Å². The van der Waals surface area contributed by atoms with Gasteiger partial charge in [0.15, 0.2) is 0 Å². The maximum absolute atomic E-state index is 5.76. The highest BCUT2D eigenvalue weighted by molar-refractivity contribution is 7.80. The van der Waals surface area contributed by atoms with E-state index in [4.69, 9.17) is 22.7 Å². The lowest BCUT2D eigenvalue weighted by molar-refractivity contribution is 0.340. The molecule has 16 heavy (non-hydrogen) atoms. The predicted molar refractivity (Wildman–Crippen MR) is 71.0 cm³/mol. The molecule has 2 rings (SSSR count). The van der Waals surface area contributed by atoms with Crippen molar-refractivity contribution < 1.29 is 4.74 Å². The summed E-state index contributed by atoms with van der Waals surface area (Å²) in [5, 5.41) is 2.16. The zero-order valence-corrected chi connectivity index (χ0v) is 9.88. The average Bonchev–Trinajstić information content (AvgIpc) is 2.28. The molecule has 0 unspecified atom stereocenters. The van der Waals surface area contributed by atoms with Gasteiger partial charge >= 0.3 is 0 Å². The monoisotopic (exact) mass is 231 g/mol. The maximum Gasteiger partial charge on any atom is 0.130 e. The highest BCUT2D eigenvalue weighted by atomic mass is 32.1. The Bertz CT molecular complexity index is 536. The van der Waals surface area contributed by atoms with Crippen LogP contribution in [0.15, 0.2) is 36.4 Å². The third-order valence-corrected chi connectivity index (χ3v) is 2.64. The van der Waals surface area contributed by atoms with Crippen molar-refractivity contribution in [2.24, 2.45) is 5.73 Å². The molecule has 0 saturated carbocycles. The Morgan fingerprint density at radius 1 is 1.25 bits per heavy atom. The first kappa shape index (κ1) is 10.9. The Kier molecular flexibility index (Phi) is 3.06. The topological polar surface area (TPSA) is 35.2 Å². The van der Waals surface area contributed by atoms with E-state index in [1.807, 2.05) is 43.3 Å². The zero-order valence-electron chi connectivity index (χ0n) is 9.07. The van der Waals surface area contributed by atoms with Crippen LogP contribution in [-0.4, -0.2) is 11.6 Å². The highest BCUT2D eigenvalue weighted by Crippen LogP contribution is 2.27. The van der Waals surface area contributed by atoms with Crippen molar-refractivity contribution in [2.75, 3.05) is 6.61 Å². The number of benzene rings is 2. The first-order valence-corrected chi connectivity index (χ1v) is 5.59. The Hall–Kier alpha value is -1.61. The minimum absolute atomic E-state index is 0.375. The fraction of sp³-hybridized carbons (Fsp3) is 0.154. The van der Waals surface area contributed by atoms with Gasteiger partial charge in [0.05, 0.1) is 12.2 Å². The summed E-state index contributed by atoms with van der Waals surface area (Å²) in [5.74, 6) is 0.758. The lowest BCUT2D eigenvalue weighted by Gasteiger charge is -2.11. The largest absolute Gasteiger partial charge is 0.493 e. The third-order valence-electron chi connectivity index (χ3n) is 2.44. The number of thiocarbonyl (C=S) groups is 1. The first-order valence-electron chi connectivity index (χ1n) is 5.18. The molecule has 2 aromatic carbocycles. The lowest BCUT2D eigenvalue weighted by atomic mass is 10.0. The van der Waals surface area contributed by atoms with E-state index < -0.39 is 0 Å². The Balaban J connectivity index is 2.73. The normalized spacial score (nSPS) is 10.3. The summed E-state index contributed by atoms with van der Waals surface area (Å²) in [5.41, 5.74) is 6.59. The number of hydrogen-bond donors (Lipinski definition) is 1. The SMILES string of the molecule is CCOc1ccc2ccccc2c1C(N)=S. The molecule has 2 aromatic rings. The van der Waals surface area contributed by atoms with Gasteiger partial charge in [0.25, 0.3) is 0 Å². The molecule has 0 aliphatic rings. The second-order valence-electron chi connectivity index (χ2n) is 3.46. The van der Waals surface area contributed by atoms with E-state index >= 15 is 0 Å². The van der Waals surface area contributed by atoms with Crippen LogP contribution in [-0.2, 0) is 0 Å². The van der Waals surface area contributed by atoms with Crippen molar-refractivity contribution in [2.45, 2.75) is 6.92 Å². The molecular formula is C13H13NOS. The number of fused-ring (bicyclic) bond motifs is 1. The molecule has 3 heteroatoms. The van der Waals surface area contributed by atoms with Gasteiger partial charge in [-0.1, -0.05) is 42.5 Å². The lowest BCUT2D eigenvalue weighted by Crippen LogP contribution is -2.12. The smallest absolute Gasteiger partial charge is 0.130 e. The summed E-state index contributed by atoms with van der Waals surface area (Å²) in [6.07, 6.45) is 0. The molecule has 0 aliphatic heterocycles. The summed E-state index contributed by atoms with van der Waals surface area (Å²) in [6.45, 7) is 2.55. The minimum Gasteiger partial charge on any atom is -0.493 e. The molecule has 0 saturated heterocycles. The number of rotatable bonds is 3. The Labute approximate surface area is 100 Å². The van der Waals surface area contributed by atoms with E-state index in [9.17, 15) is 0 Å². The molecule has 2 N–H and O–H groups in total. The summed E-state index contributed by atoms with van der Waals surface area (Å²) >= 11 is 5.09. The quantitative estimate of drug-likeness (QED) is 0.825. The molecule has 0 radical (unpaired) electrons. The van der Waals surface area contributed by atoms with Crippen LogP contribution >= 0.6 is 12.2 Å². The Morgan fingerprint density at radius 2 is 2.00 bits per heavy atom. The average molecular weight is 231 g/mol. The number of hydrogen-bond acceptors (Lipinski definition) is 2. The van der Waals surface area contributed by atoms with Crippen molar-refractivity contribution >= 4 is 28.0 Å². The molecule has 0 heterocycles. The Morgan fingerprint density at radius 3 is 2.69 bits per heavy atom. The predicted octanol–water partition coefficient (Wildman–Crippen LogP) is 2.87. The summed E-state index contributed by atoms with van der Waals surface area (Å²) in [6, 6.07) is 11.9. The van der Waals surface area contributed by atoms with Gasteiger partial charge < -0.3 is 10.5 Å². The number of ether oxygens (including phenoxy) is 1. The van der Waals surface area contributed by atoms with Crippen LogP contribution in [0, 0.1) is 0 Å². The van der Waals surface area contributed by atoms with Crippen LogP contribution < -0.4 is 10.5 Å². The second-order valence-corrected chi connectivity index (χ2v) is 3.90. The molecule has 0 amide bonds. The van der Waals surface area contributed by atoms with Crippen molar-refractivity contribution in [3.63, 3.8) is 0 Å². The van der Waals surface area contributed by atoms with Gasteiger partial charge in [0.2, 0.25) is 0 Å². The second kappa shape index (κ2) is 4.49. The fourth-order valence-corrected chi connectivity index (χ4v) is 1.99. The molecular weight excluding hydrogens is 218 g/mol. The van der Waals surface area contributed by atoms with E-state index in [0.29, 0.717) is 11.6 Å². The minimum atomic E-state index is 0.375. The molecule has 2 nitrogen and oxygen atoms in total. The molecule has 82 valence electrons.